The van der Waals surface area contributed by atoms with Gasteiger partial charge in [0.25, 0.3) is 0 Å². The lowest BCUT2D eigenvalue weighted by atomic mass is 9.93. The summed E-state index contributed by atoms with van der Waals surface area (Å²) in [6, 6.07) is -0.257. The van der Waals surface area contributed by atoms with Gasteiger partial charge in [-0.1, -0.05) is 6.92 Å². The maximum atomic E-state index is 11.3. The maximum absolute atomic E-state index is 11.3. The smallest absolute Gasteiger partial charge is 0.238 e. The highest BCUT2D eigenvalue weighted by Crippen LogP contribution is 2.24. The Hall–Kier alpha value is -1.14. The van der Waals surface area contributed by atoms with Crippen LogP contribution in [-0.4, -0.2) is 35.3 Å². The summed E-state index contributed by atoms with van der Waals surface area (Å²) in [6.45, 7) is 4.48. The van der Waals surface area contributed by atoms with Gasteiger partial charge < -0.3 is 5.73 Å². The molecule has 0 radical (unpaired) electrons. The van der Waals surface area contributed by atoms with Crippen LogP contribution in [0.1, 0.15) is 20.3 Å². The number of amides is 2. The summed E-state index contributed by atoms with van der Waals surface area (Å²) in [4.78, 5) is 24.2. The molecule has 1 aliphatic heterocycles. The molecule has 86 valence electrons. The first-order valence-corrected chi connectivity index (χ1v) is 5.04. The number of hydrazine groups is 1. The van der Waals surface area contributed by atoms with Crippen LogP contribution >= 0.6 is 0 Å². The maximum Gasteiger partial charge on any atom is 0.238 e. The lowest BCUT2D eigenvalue weighted by Gasteiger charge is -2.44. The Morgan fingerprint density at radius 3 is 2.40 bits per heavy atom. The zero-order valence-electron chi connectivity index (χ0n) is 9.06. The molecule has 3 atom stereocenters. The summed E-state index contributed by atoms with van der Waals surface area (Å²) in [5.74, 6) is 4.25. The second kappa shape index (κ2) is 4.59. The molecule has 1 saturated heterocycles. The van der Waals surface area contributed by atoms with Crippen molar-refractivity contribution >= 4 is 11.8 Å². The molecule has 1 heterocycles. The summed E-state index contributed by atoms with van der Waals surface area (Å²) in [6.07, 6.45) is 0.774. The van der Waals surface area contributed by atoms with Gasteiger partial charge in [0.1, 0.15) is 0 Å². The molecule has 5 N–H and O–H groups in total. The molecular formula is C9H18N4O2. The van der Waals surface area contributed by atoms with Crippen molar-refractivity contribution in [3.63, 3.8) is 0 Å². The normalized spacial score (nSPS) is 25.1. The Balaban J connectivity index is 2.57. The molecule has 6 heteroatoms. The number of carbonyl (C=O) groups is 2. The summed E-state index contributed by atoms with van der Waals surface area (Å²) in [7, 11) is 0. The third kappa shape index (κ3) is 2.27. The lowest BCUT2D eigenvalue weighted by Crippen LogP contribution is -2.60. The van der Waals surface area contributed by atoms with Crippen LogP contribution in [0.5, 0.6) is 0 Å². The van der Waals surface area contributed by atoms with Crippen LogP contribution < -0.4 is 17.0 Å². The molecule has 2 amide bonds. The molecule has 1 rings (SSSR count). The fourth-order valence-electron chi connectivity index (χ4n) is 1.84. The summed E-state index contributed by atoms with van der Waals surface area (Å²) in [5.41, 5.74) is 7.34. The van der Waals surface area contributed by atoms with Gasteiger partial charge in [-0.05, 0) is 13.3 Å². The minimum Gasteiger partial charge on any atom is -0.368 e. The Kier molecular flexibility index (Phi) is 3.65. The van der Waals surface area contributed by atoms with Crippen molar-refractivity contribution in [2.75, 3.05) is 6.54 Å². The monoisotopic (exact) mass is 214 g/mol. The van der Waals surface area contributed by atoms with Gasteiger partial charge in [-0.25, -0.2) is 5.84 Å². The summed E-state index contributed by atoms with van der Waals surface area (Å²) < 4.78 is 0. The van der Waals surface area contributed by atoms with E-state index in [0.717, 1.165) is 13.0 Å². The number of rotatable bonds is 4. The molecule has 0 aliphatic carbocycles. The number of nitrogens with two attached hydrogens (primary N) is 2. The molecule has 1 fully saturated rings. The average Bonchev–Trinajstić information content (AvgIpc) is 2.12. The Bertz CT molecular complexity index is 269. The van der Waals surface area contributed by atoms with Crippen molar-refractivity contribution in [1.29, 1.82) is 0 Å². The molecule has 3 unspecified atom stereocenters. The third-order valence-electron chi connectivity index (χ3n) is 3.19. The highest BCUT2D eigenvalue weighted by Gasteiger charge is 2.38. The van der Waals surface area contributed by atoms with Crippen molar-refractivity contribution in [2.24, 2.45) is 17.5 Å². The second-order valence-electron chi connectivity index (χ2n) is 3.98. The third-order valence-corrected chi connectivity index (χ3v) is 3.19. The summed E-state index contributed by atoms with van der Waals surface area (Å²) in [5, 5.41) is 0. The predicted molar refractivity (Wildman–Crippen MR) is 55.3 cm³/mol. The number of hydrogen-bond donors (Lipinski definition) is 3. The average molecular weight is 214 g/mol. The topological polar surface area (TPSA) is 101 Å². The van der Waals surface area contributed by atoms with Crippen molar-refractivity contribution in [2.45, 2.75) is 32.4 Å². The minimum absolute atomic E-state index is 0.0280. The van der Waals surface area contributed by atoms with E-state index in [2.05, 4.69) is 5.43 Å². The Morgan fingerprint density at radius 2 is 2.07 bits per heavy atom. The van der Waals surface area contributed by atoms with E-state index in [-0.39, 0.29) is 29.8 Å². The van der Waals surface area contributed by atoms with Gasteiger partial charge in [-0.15, -0.1) is 0 Å². The number of primary amides is 1. The number of likely N-dealkylation sites (tertiary alicyclic amines) is 1. The lowest BCUT2D eigenvalue weighted by molar-refractivity contribution is -0.135. The molecule has 0 aromatic heterocycles. The van der Waals surface area contributed by atoms with E-state index in [1.54, 1.807) is 6.92 Å². The van der Waals surface area contributed by atoms with E-state index in [1.165, 1.54) is 0 Å². The van der Waals surface area contributed by atoms with E-state index in [9.17, 15) is 9.59 Å². The highest BCUT2D eigenvalue weighted by atomic mass is 16.2. The van der Waals surface area contributed by atoms with Crippen molar-refractivity contribution in [3.8, 4) is 0 Å². The number of carbonyl (C=O) groups excluding carboxylic acids is 2. The van der Waals surface area contributed by atoms with Crippen molar-refractivity contribution < 1.29 is 9.59 Å². The molecule has 6 nitrogen and oxygen atoms in total. The molecule has 0 aromatic rings. The number of nitrogens with zero attached hydrogens (tertiary/aromatic N) is 1. The van der Waals surface area contributed by atoms with Crippen molar-refractivity contribution in [1.82, 2.24) is 10.3 Å². The first-order chi connectivity index (χ1) is 6.99. The predicted octanol–water partition coefficient (Wildman–Crippen LogP) is -1.44. The van der Waals surface area contributed by atoms with Gasteiger partial charge in [0, 0.05) is 12.6 Å². The zero-order chi connectivity index (χ0) is 11.6. The van der Waals surface area contributed by atoms with Gasteiger partial charge in [-0.2, -0.15) is 0 Å². The van der Waals surface area contributed by atoms with Crippen LogP contribution in [0.3, 0.4) is 0 Å². The van der Waals surface area contributed by atoms with Crippen LogP contribution in [-0.2, 0) is 9.59 Å². The quantitative estimate of drug-likeness (QED) is 0.303. The molecule has 0 aromatic carbocycles. The Labute approximate surface area is 88.9 Å². The van der Waals surface area contributed by atoms with E-state index in [4.69, 9.17) is 11.6 Å². The molecule has 0 bridgehead atoms. The first-order valence-electron chi connectivity index (χ1n) is 5.04. The molecular weight excluding hydrogens is 196 g/mol. The molecule has 0 spiro atoms. The van der Waals surface area contributed by atoms with Gasteiger partial charge in [0.05, 0.1) is 12.0 Å². The largest absolute Gasteiger partial charge is 0.368 e. The van der Waals surface area contributed by atoms with Gasteiger partial charge >= 0.3 is 0 Å². The zero-order valence-corrected chi connectivity index (χ0v) is 9.06. The van der Waals surface area contributed by atoms with Crippen LogP contribution in [0.25, 0.3) is 0 Å². The number of nitrogens with one attached hydrogen (secondary N) is 1. The minimum atomic E-state index is -0.326. The molecule has 0 saturated carbocycles. The number of hydrogen-bond acceptors (Lipinski definition) is 4. The first kappa shape index (κ1) is 11.9. The van der Waals surface area contributed by atoms with Crippen LogP contribution in [0.15, 0.2) is 0 Å². The van der Waals surface area contributed by atoms with Crippen LogP contribution in [0, 0.1) is 5.92 Å². The van der Waals surface area contributed by atoms with E-state index >= 15 is 0 Å². The van der Waals surface area contributed by atoms with Gasteiger partial charge in [0.2, 0.25) is 11.8 Å². The summed E-state index contributed by atoms with van der Waals surface area (Å²) >= 11 is 0. The van der Waals surface area contributed by atoms with Gasteiger partial charge in [0.15, 0.2) is 0 Å². The SMILES string of the molecule is CC(C(=O)NN)C(C)N1CCC1C(N)=O. The van der Waals surface area contributed by atoms with Crippen LogP contribution in [0.4, 0.5) is 0 Å². The van der Waals surface area contributed by atoms with Crippen LogP contribution in [0.2, 0.25) is 0 Å². The fourth-order valence-corrected chi connectivity index (χ4v) is 1.84. The van der Waals surface area contributed by atoms with Crippen molar-refractivity contribution in [3.05, 3.63) is 0 Å². The molecule has 1 aliphatic rings. The highest BCUT2D eigenvalue weighted by molar-refractivity contribution is 5.81. The van der Waals surface area contributed by atoms with Gasteiger partial charge in [-0.3, -0.25) is 19.9 Å². The standard InChI is InChI=1S/C9H18N4O2/c1-5(9(15)12-11)6(2)13-4-3-7(13)8(10)14/h5-7H,3-4,11H2,1-2H3,(H2,10,14)(H,12,15). The Morgan fingerprint density at radius 1 is 1.47 bits per heavy atom. The van der Waals surface area contributed by atoms with E-state index in [0.29, 0.717) is 0 Å². The second-order valence-corrected chi connectivity index (χ2v) is 3.98. The fraction of sp³-hybridized carbons (Fsp3) is 0.778. The van der Waals surface area contributed by atoms with E-state index in [1.807, 2.05) is 11.8 Å². The van der Waals surface area contributed by atoms with E-state index < -0.39 is 0 Å². The molecule has 15 heavy (non-hydrogen) atoms.